The molecule has 3 rings (SSSR count). The van der Waals surface area contributed by atoms with Crippen LogP contribution in [0.3, 0.4) is 0 Å². The molecule has 2 N–H and O–H groups in total. The van der Waals surface area contributed by atoms with Gasteiger partial charge in [-0.3, -0.25) is 0 Å². The van der Waals surface area contributed by atoms with E-state index >= 15 is 0 Å². The summed E-state index contributed by atoms with van der Waals surface area (Å²) >= 11 is 0. The number of ether oxygens (including phenoxy) is 2. The normalized spacial score (nSPS) is 22.6. The van der Waals surface area contributed by atoms with Crippen LogP contribution in [-0.4, -0.2) is 31.9 Å². The van der Waals surface area contributed by atoms with Crippen LogP contribution in [0.4, 0.5) is 4.39 Å². The van der Waals surface area contributed by atoms with Crippen molar-refractivity contribution in [1.29, 1.82) is 0 Å². The summed E-state index contributed by atoms with van der Waals surface area (Å²) in [6, 6.07) is 13.4. The smallest absolute Gasteiger partial charge is 0.141 e. The van der Waals surface area contributed by atoms with Gasteiger partial charge in [-0.2, -0.15) is 0 Å². The highest BCUT2D eigenvalue weighted by molar-refractivity contribution is 5.85. The fourth-order valence-electron chi connectivity index (χ4n) is 3.36. The van der Waals surface area contributed by atoms with Crippen LogP contribution in [0.25, 0.3) is 0 Å². The molecule has 6 heteroatoms. The molecule has 4 nitrogen and oxygen atoms in total. The van der Waals surface area contributed by atoms with Gasteiger partial charge in [0.1, 0.15) is 22.8 Å². The summed E-state index contributed by atoms with van der Waals surface area (Å²) in [5.74, 6) is 0.226. The largest absolute Gasteiger partial charge is 0.496 e. The Balaban J connectivity index is 0.00000225. The Morgan fingerprint density at radius 1 is 1.24 bits per heavy atom. The highest BCUT2D eigenvalue weighted by Crippen LogP contribution is 2.47. The average molecular weight is 368 g/mol. The summed E-state index contributed by atoms with van der Waals surface area (Å²) in [6.45, 7) is 3.16. The molecule has 0 bridgehead atoms. The van der Waals surface area contributed by atoms with Gasteiger partial charge in [-0.15, -0.1) is 12.4 Å². The summed E-state index contributed by atoms with van der Waals surface area (Å²) in [5.41, 5.74) is -1.37. The third-order valence-electron chi connectivity index (χ3n) is 4.72. The standard InChI is InChI=1S/C19H22FNO3.ClH/c1-18(22,14-6-5-7-15(20)12-14)19(13-21-10-11-24-19)16-8-3-4-9-17(16)23-2;/h3-9,12,21-22H,10-11,13H2,1-2H3;1H. The highest BCUT2D eigenvalue weighted by Gasteiger charge is 2.53. The van der Waals surface area contributed by atoms with E-state index in [2.05, 4.69) is 5.32 Å². The van der Waals surface area contributed by atoms with E-state index in [9.17, 15) is 9.50 Å². The van der Waals surface area contributed by atoms with Crippen molar-refractivity contribution < 1.29 is 19.0 Å². The van der Waals surface area contributed by atoms with E-state index in [1.54, 1.807) is 26.2 Å². The second-order valence-electron chi connectivity index (χ2n) is 6.14. The molecule has 1 aliphatic heterocycles. The van der Waals surface area contributed by atoms with Crippen LogP contribution in [0.1, 0.15) is 18.1 Å². The maximum absolute atomic E-state index is 13.7. The Kier molecular flexibility index (Phi) is 6.06. The lowest BCUT2D eigenvalue weighted by atomic mass is 9.73. The second kappa shape index (κ2) is 7.70. The number of morpholine rings is 1. The second-order valence-corrected chi connectivity index (χ2v) is 6.14. The molecule has 0 aromatic heterocycles. The van der Waals surface area contributed by atoms with E-state index in [-0.39, 0.29) is 12.4 Å². The van der Waals surface area contributed by atoms with Crippen LogP contribution in [0.5, 0.6) is 5.75 Å². The fourth-order valence-corrected chi connectivity index (χ4v) is 3.36. The third-order valence-corrected chi connectivity index (χ3v) is 4.72. The minimum atomic E-state index is -1.46. The first-order chi connectivity index (χ1) is 11.5. The van der Waals surface area contributed by atoms with Crippen molar-refractivity contribution in [3.05, 3.63) is 65.5 Å². The molecule has 1 saturated heterocycles. The third kappa shape index (κ3) is 3.37. The summed E-state index contributed by atoms with van der Waals surface area (Å²) in [4.78, 5) is 0. The highest BCUT2D eigenvalue weighted by atomic mass is 35.5. The first kappa shape index (κ1) is 19.7. The molecule has 136 valence electrons. The van der Waals surface area contributed by atoms with Crippen LogP contribution in [0.15, 0.2) is 48.5 Å². The van der Waals surface area contributed by atoms with Crippen molar-refractivity contribution in [3.63, 3.8) is 0 Å². The predicted octanol–water partition coefficient (Wildman–Crippen LogP) is 2.98. The molecule has 1 aliphatic rings. The van der Waals surface area contributed by atoms with Gasteiger partial charge in [-0.25, -0.2) is 4.39 Å². The average Bonchev–Trinajstić information content (AvgIpc) is 2.62. The van der Waals surface area contributed by atoms with Crippen molar-refractivity contribution >= 4 is 12.4 Å². The number of para-hydroxylation sites is 1. The molecule has 2 aromatic carbocycles. The van der Waals surface area contributed by atoms with Crippen LogP contribution >= 0.6 is 12.4 Å². The number of hydrogen-bond acceptors (Lipinski definition) is 4. The van der Waals surface area contributed by atoms with E-state index in [0.717, 1.165) is 5.56 Å². The zero-order chi connectivity index (χ0) is 17.2. The van der Waals surface area contributed by atoms with Crippen LogP contribution in [0, 0.1) is 5.82 Å². The number of halogens is 2. The van der Waals surface area contributed by atoms with Gasteiger partial charge in [-0.1, -0.05) is 30.3 Å². The molecule has 2 atom stereocenters. The molecule has 0 radical (unpaired) electrons. The van der Waals surface area contributed by atoms with Gasteiger partial charge >= 0.3 is 0 Å². The van der Waals surface area contributed by atoms with Crippen molar-refractivity contribution in [3.8, 4) is 5.75 Å². The number of benzene rings is 2. The summed E-state index contributed by atoms with van der Waals surface area (Å²) in [6.07, 6.45) is 0. The molecule has 25 heavy (non-hydrogen) atoms. The minimum absolute atomic E-state index is 0. The molecule has 0 saturated carbocycles. The Hall–Kier alpha value is -1.66. The number of nitrogens with one attached hydrogen (secondary N) is 1. The summed E-state index contributed by atoms with van der Waals surface area (Å²) in [7, 11) is 1.58. The molecular formula is C19H23ClFNO3. The number of methoxy groups -OCH3 is 1. The SMILES string of the molecule is COc1ccccc1C1(C(C)(O)c2cccc(F)c2)CNCCO1.Cl. The maximum Gasteiger partial charge on any atom is 0.141 e. The van der Waals surface area contributed by atoms with Gasteiger partial charge < -0.3 is 19.9 Å². The van der Waals surface area contributed by atoms with Gasteiger partial charge in [0.25, 0.3) is 0 Å². The molecule has 0 amide bonds. The van der Waals surface area contributed by atoms with Gasteiger partial charge in [0.05, 0.1) is 13.7 Å². The molecule has 2 aromatic rings. The van der Waals surface area contributed by atoms with Crippen molar-refractivity contribution in [2.75, 3.05) is 26.8 Å². The predicted molar refractivity (Wildman–Crippen MR) is 96.7 cm³/mol. The minimum Gasteiger partial charge on any atom is -0.496 e. The zero-order valence-electron chi connectivity index (χ0n) is 14.3. The first-order valence-electron chi connectivity index (χ1n) is 7.98. The molecule has 1 heterocycles. The van der Waals surface area contributed by atoms with Gasteiger partial charge in [-0.05, 0) is 30.7 Å². The molecule has 0 aliphatic carbocycles. The van der Waals surface area contributed by atoms with Crippen LogP contribution in [-0.2, 0) is 15.9 Å². The van der Waals surface area contributed by atoms with Gasteiger partial charge in [0.2, 0.25) is 0 Å². The van der Waals surface area contributed by atoms with E-state index in [1.807, 2.05) is 24.3 Å². The van der Waals surface area contributed by atoms with Crippen molar-refractivity contribution in [2.24, 2.45) is 0 Å². The Morgan fingerprint density at radius 2 is 2.00 bits per heavy atom. The number of hydrogen-bond donors (Lipinski definition) is 2. The molecular weight excluding hydrogens is 345 g/mol. The molecule has 2 unspecified atom stereocenters. The van der Waals surface area contributed by atoms with E-state index in [0.29, 0.717) is 31.0 Å². The zero-order valence-corrected chi connectivity index (χ0v) is 15.1. The number of rotatable bonds is 4. The molecule has 1 fully saturated rings. The maximum atomic E-state index is 13.7. The van der Waals surface area contributed by atoms with E-state index in [4.69, 9.17) is 9.47 Å². The van der Waals surface area contributed by atoms with Crippen LogP contribution < -0.4 is 10.1 Å². The lowest BCUT2D eigenvalue weighted by molar-refractivity contribution is -0.200. The quantitative estimate of drug-likeness (QED) is 0.872. The van der Waals surface area contributed by atoms with E-state index < -0.39 is 17.0 Å². The topological polar surface area (TPSA) is 50.7 Å². The Bertz CT molecular complexity index is 717. The lowest BCUT2D eigenvalue weighted by Gasteiger charge is -2.48. The Morgan fingerprint density at radius 3 is 2.64 bits per heavy atom. The summed E-state index contributed by atoms with van der Waals surface area (Å²) < 4.78 is 25.4. The number of aliphatic hydroxyl groups is 1. The van der Waals surface area contributed by atoms with Gasteiger partial charge in [0, 0.05) is 18.7 Å². The lowest BCUT2D eigenvalue weighted by Crippen LogP contribution is -2.59. The Labute approximate surface area is 153 Å². The summed E-state index contributed by atoms with van der Waals surface area (Å²) in [5, 5.41) is 14.8. The van der Waals surface area contributed by atoms with Crippen molar-refractivity contribution in [1.82, 2.24) is 5.32 Å². The first-order valence-corrected chi connectivity index (χ1v) is 7.98. The molecule has 0 spiro atoms. The fraction of sp³-hybridized carbons (Fsp3) is 0.368. The van der Waals surface area contributed by atoms with Gasteiger partial charge in [0.15, 0.2) is 0 Å². The van der Waals surface area contributed by atoms with Crippen LogP contribution in [0.2, 0.25) is 0 Å². The van der Waals surface area contributed by atoms with E-state index in [1.165, 1.54) is 12.1 Å². The monoisotopic (exact) mass is 367 g/mol. The van der Waals surface area contributed by atoms with Crippen molar-refractivity contribution in [2.45, 2.75) is 18.1 Å².